The number of aromatic nitrogens is 2. The number of hydrogen-bond donors (Lipinski definition) is 1. The van der Waals surface area contributed by atoms with E-state index in [4.69, 9.17) is 0 Å². The highest BCUT2D eigenvalue weighted by Gasteiger charge is 2.22. The van der Waals surface area contributed by atoms with Gasteiger partial charge in [0.1, 0.15) is 6.33 Å². The molecule has 2 rings (SSSR count). The molecule has 76 valence electrons. The van der Waals surface area contributed by atoms with Crippen LogP contribution < -0.4 is 10.4 Å². The summed E-state index contributed by atoms with van der Waals surface area (Å²) in [5, 5.41) is 1.96. The predicted octanol–water partition coefficient (Wildman–Crippen LogP) is 1.44. The number of fused-ring (bicyclic) bond motifs is 1. The summed E-state index contributed by atoms with van der Waals surface area (Å²) in [7, 11) is 1.99. The fourth-order valence-corrected chi connectivity index (χ4v) is 1.77. The summed E-state index contributed by atoms with van der Waals surface area (Å²) in [5.41, 5.74) is 5.68. The first-order valence-electron chi connectivity index (χ1n) is 5.05. The summed E-state index contributed by atoms with van der Waals surface area (Å²) in [6.07, 6.45) is 2.77. The Morgan fingerprint density at radius 3 is 3.07 bits per heavy atom. The van der Waals surface area contributed by atoms with Gasteiger partial charge in [-0.3, -0.25) is 5.01 Å². The van der Waals surface area contributed by atoms with Crippen LogP contribution in [0.1, 0.15) is 37.4 Å². The van der Waals surface area contributed by atoms with Crippen molar-refractivity contribution in [2.45, 2.75) is 32.7 Å². The topological polar surface area (TPSA) is 41.1 Å². The molecule has 0 aromatic carbocycles. The zero-order chi connectivity index (χ0) is 10.1. The number of nitrogens with one attached hydrogen (secondary N) is 1. The van der Waals surface area contributed by atoms with Gasteiger partial charge in [-0.2, -0.15) is 0 Å². The monoisotopic (exact) mass is 192 g/mol. The molecule has 14 heavy (non-hydrogen) atoms. The molecular formula is C10H16N4. The van der Waals surface area contributed by atoms with E-state index >= 15 is 0 Å². The molecule has 0 aliphatic carbocycles. The van der Waals surface area contributed by atoms with Gasteiger partial charge in [0.2, 0.25) is 0 Å². The van der Waals surface area contributed by atoms with E-state index < -0.39 is 0 Å². The molecule has 0 saturated carbocycles. The summed E-state index contributed by atoms with van der Waals surface area (Å²) < 4.78 is 0. The summed E-state index contributed by atoms with van der Waals surface area (Å²) in [5.74, 6) is 1.54. The molecular weight excluding hydrogens is 176 g/mol. The van der Waals surface area contributed by atoms with Gasteiger partial charge >= 0.3 is 0 Å². The second kappa shape index (κ2) is 3.53. The lowest BCUT2D eigenvalue weighted by atomic mass is 10.0. The van der Waals surface area contributed by atoms with Gasteiger partial charge in [-0.1, -0.05) is 13.8 Å². The molecule has 0 fully saturated rings. The van der Waals surface area contributed by atoms with E-state index in [0.717, 1.165) is 18.8 Å². The van der Waals surface area contributed by atoms with Gasteiger partial charge in [-0.25, -0.2) is 15.4 Å². The first-order chi connectivity index (χ1) is 6.74. The van der Waals surface area contributed by atoms with Gasteiger partial charge in [0, 0.05) is 19.2 Å². The number of hydrazine groups is 1. The third-order valence-corrected chi connectivity index (χ3v) is 2.85. The van der Waals surface area contributed by atoms with Crippen molar-refractivity contribution < 1.29 is 0 Å². The van der Waals surface area contributed by atoms with Crippen LogP contribution >= 0.6 is 0 Å². The van der Waals surface area contributed by atoms with Crippen LogP contribution in [0.2, 0.25) is 0 Å². The number of rotatable bonds is 2. The summed E-state index contributed by atoms with van der Waals surface area (Å²) in [6.45, 7) is 5.25. The van der Waals surface area contributed by atoms with E-state index in [1.54, 1.807) is 6.33 Å². The molecule has 0 amide bonds. The number of hydrogen-bond acceptors (Lipinski definition) is 4. The Balaban J connectivity index is 2.43. The average molecular weight is 192 g/mol. The zero-order valence-electron chi connectivity index (χ0n) is 8.91. The molecule has 4 heteroatoms. The Hall–Kier alpha value is -1.16. The lowest BCUT2D eigenvalue weighted by Crippen LogP contribution is -2.27. The molecule has 2 heterocycles. The molecule has 1 unspecified atom stereocenters. The van der Waals surface area contributed by atoms with Gasteiger partial charge in [0.25, 0.3) is 0 Å². The van der Waals surface area contributed by atoms with Crippen molar-refractivity contribution in [2.75, 3.05) is 12.1 Å². The Morgan fingerprint density at radius 2 is 2.36 bits per heavy atom. The Labute approximate surface area is 84.3 Å². The number of anilines is 1. The van der Waals surface area contributed by atoms with E-state index in [0.29, 0.717) is 5.92 Å². The van der Waals surface area contributed by atoms with Crippen LogP contribution in [0.3, 0.4) is 0 Å². The Bertz CT molecular complexity index is 337. The highest BCUT2D eigenvalue weighted by molar-refractivity contribution is 5.51. The molecule has 0 bridgehead atoms. The minimum atomic E-state index is 0.514. The Kier molecular flexibility index (Phi) is 2.37. The van der Waals surface area contributed by atoms with Gasteiger partial charge < -0.3 is 0 Å². The molecule has 4 nitrogen and oxygen atoms in total. The quantitative estimate of drug-likeness (QED) is 0.770. The largest absolute Gasteiger partial charge is 0.295 e. The highest BCUT2D eigenvalue weighted by Crippen LogP contribution is 2.28. The molecule has 1 N–H and O–H groups in total. The first-order valence-corrected chi connectivity index (χ1v) is 5.05. The van der Waals surface area contributed by atoms with E-state index in [9.17, 15) is 0 Å². The molecule has 1 aromatic rings. The van der Waals surface area contributed by atoms with E-state index in [1.165, 1.54) is 11.3 Å². The van der Waals surface area contributed by atoms with Crippen LogP contribution in [-0.2, 0) is 6.54 Å². The third kappa shape index (κ3) is 1.35. The molecule has 0 saturated heterocycles. The van der Waals surface area contributed by atoms with Crippen LogP contribution in [0.5, 0.6) is 0 Å². The van der Waals surface area contributed by atoms with Gasteiger partial charge in [0.05, 0.1) is 5.69 Å². The minimum absolute atomic E-state index is 0.514. The highest BCUT2D eigenvalue weighted by atomic mass is 15.5. The normalized spacial score (nSPS) is 16.9. The molecule has 1 aromatic heterocycles. The molecule has 1 atom stereocenters. The van der Waals surface area contributed by atoms with Crippen molar-refractivity contribution in [1.29, 1.82) is 0 Å². The van der Waals surface area contributed by atoms with Crippen LogP contribution in [0.15, 0.2) is 6.33 Å². The van der Waals surface area contributed by atoms with Crippen molar-refractivity contribution in [3.63, 3.8) is 0 Å². The summed E-state index contributed by atoms with van der Waals surface area (Å²) >= 11 is 0. The molecule has 1 aliphatic heterocycles. The van der Waals surface area contributed by atoms with Crippen molar-refractivity contribution in [2.24, 2.45) is 0 Å². The Morgan fingerprint density at radius 1 is 1.57 bits per heavy atom. The fraction of sp³-hybridized carbons (Fsp3) is 0.600. The zero-order valence-corrected chi connectivity index (χ0v) is 8.91. The maximum Gasteiger partial charge on any atom is 0.150 e. The average Bonchev–Trinajstić information content (AvgIpc) is 2.59. The van der Waals surface area contributed by atoms with Crippen molar-refractivity contribution in [3.05, 3.63) is 17.6 Å². The lowest BCUT2D eigenvalue weighted by molar-refractivity contribution is 0.685. The van der Waals surface area contributed by atoms with Gasteiger partial charge in [-0.05, 0) is 12.3 Å². The van der Waals surface area contributed by atoms with E-state index in [2.05, 4.69) is 29.2 Å². The van der Waals surface area contributed by atoms with E-state index in [-0.39, 0.29) is 0 Å². The van der Waals surface area contributed by atoms with Crippen molar-refractivity contribution in [1.82, 2.24) is 15.4 Å². The second-order valence-corrected chi connectivity index (χ2v) is 3.76. The van der Waals surface area contributed by atoms with Gasteiger partial charge in [-0.15, -0.1) is 0 Å². The summed E-state index contributed by atoms with van der Waals surface area (Å²) in [4.78, 5) is 8.65. The van der Waals surface area contributed by atoms with Crippen LogP contribution in [0.25, 0.3) is 0 Å². The van der Waals surface area contributed by atoms with Crippen molar-refractivity contribution in [3.8, 4) is 0 Å². The van der Waals surface area contributed by atoms with Crippen LogP contribution in [0.4, 0.5) is 5.82 Å². The number of nitrogens with zero attached hydrogens (tertiary/aromatic N) is 3. The molecule has 1 aliphatic rings. The minimum Gasteiger partial charge on any atom is -0.295 e. The first kappa shape index (κ1) is 9.40. The standard InChI is InChI=1S/C10H16N4/c1-4-7(2)9-8-5-13-14(3)10(8)12-6-11-9/h6-7,13H,4-5H2,1-3H3. The SMILES string of the molecule is CCC(C)c1ncnc2c1CNN2C. The maximum absolute atomic E-state index is 4.38. The molecule has 0 radical (unpaired) electrons. The van der Waals surface area contributed by atoms with Crippen LogP contribution in [-0.4, -0.2) is 17.0 Å². The fourth-order valence-electron chi connectivity index (χ4n) is 1.77. The lowest BCUT2D eigenvalue weighted by Gasteiger charge is -2.12. The summed E-state index contributed by atoms with van der Waals surface area (Å²) in [6, 6.07) is 0. The van der Waals surface area contributed by atoms with Crippen molar-refractivity contribution >= 4 is 5.82 Å². The maximum atomic E-state index is 4.38. The van der Waals surface area contributed by atoms with Crippen LogP contribution in [0, 0.1) is 0 Å². The smallest absolute Gasteiger partial charge is 0.150 e. The van der Waals surface area contributed by atoms with Gasteiger partial charge in [0.15, 0.2) is 5.82 Å². The van der Waals surface area contributed by atoms with E-state index in [1.807, 2.05) is 12.1 Å². The molecule has 0 spiro atoms. The second-order valence-electron chi connectivity index (χ2n) is 3.76. The predicted molar refractivity (Wildman–Crippen MR) is 56.0 cm³/mol. The third-order valence-electron chi connectivity index (χ3n) is 2.85.